The summed E-state index contributed by atoms with van der Waals surface area (Å²) in [6.07, 6.45) is 1.74. The number of rotatable bonds is 4. The third-order valence-corrected chi connectivity index (χ3v) is 2.67. The van der Waals surface area contributed by atoms with E-state index in [-0.39, 0.29) is 5.78 Å². The van der Waals surface area contributed by atoms with Gasteiger partial charge in [-0.15, -0.1) is 0 Å². The number of benzene rings is 1. The van der Waals surface area contributed by atoms with Crippen LogP contribution in [0.5, 0.6) is 5.75 Å². The van der Waals surface area contributed by atoms with Crippen molar-refractivity contribution in [3.05, 3.63) is 47.3 Å². The van der Waals surface area contributed by atoms with Crippen molar-refractivity contribution in [2.45, 2.75) is 13.8 Å². The van der Waals surface area contributed by atoms with E-state index in [2.05, 4.69) is 5.10 Å². The molecule has 2 rings (SSSR count). The molecule has 1 aromatic heterocycles. The Hall–Kier alpha value is -2.10. The second kappa shape index (κ2) is 5.04. The van der Waals surface area contributed by atoms with E-state index in [0.717, 1.165) is 5.69 Å². The highest BCUT2D eigenvalue weighted by atomic mass is 16.5. The highest BCUT2D eigenvalue weighted by molar-refractivity contribution is 6.09. The Kier molecular flexibility index (Phi) is 3.46. The molecule has 0 bridgehead atoms. The minimum Gasteiger partial charge on any atom is -0.494 e. The van der Waals surface area contributed by atoms with E-state index in [9.17, 15) is 4.79 Å². The Morgan fingerprint density at radius 3 is 2.83 bits per heavy atom. The molecule has 4 heteroatoms. The molecule has 4 nitrogen and oxygen atoms in total. The Balaban J connectivity index is 2.34. The van der Waals surface area contributed by atoms with Gasteiger partial charge in [0.1, 0.15) is 5.75 Å². The lowest BCUT2D eigenvalue weighted by Gasteiger charge is -2.04. The number of ether oxygens (including phenoxy) is 1. The van der Waals surface area contributed by atoms with Gasteiger partial charge in [-0.1, -0.05) is 12.1 Å². The molecule has 18 heavy (non-hydrogen) atoms. The molecular weight excluding hydrogens is 228 g/mol. The predicted octanol–water partition coefficient (Wildman–Crippen LogP) is 2.36. The van der Waals surface area contributed by atoms with Gasteiger partial charge >= 0.3 is 0 Å². The largest absolute Gasteiger partial charge is 0.494 e. The summed E-state index contributed by atoms with van der Waals surface area (Å²) in [5.74, 6) is 0.687. The number of hydrogen-bond acceptors (Lipinski definition) is 3. The SMILES string of the molecule is CCOc1cccc(C(=O)c2cn(C)nc2C)c1. The Labute approximate surface area is 106 Å². The smallest absolute Gasteiger partial charge is 0.196 e. The van der Waals surface area contributed by atoms with Gasteiger partial charge in [0.15, 0.2) is 5.78 Å². The standard InChI is InChI=1S/C14H16N2O2/c1-4-18-12-7-5-6-11(8-12)14(17)13-9-16(3)15-10(13)2/h5-9H,4H2,1-3H3. The van der Waals surface area contributed by atoms with Crippen molar-refractivity contribution in [3.8, 4) is 5.75 Å². The lowest BCUT2D eigenvalue weighted by molar-refractivity contribution is 0.103. The first-order valence-electron chi connectivity index (χ1n) is 5.89. The summed E-state index contributed by atoms with van der Waals surface area (Å²) in [5.41, 5.74) is 1.99. The van der Waals surface area contributed by atoms with Crippen molar-refractivity contribution in [2.24, 2.45) is 7.05 Å². The zero-order valence-corrected chi connectivity index (χ0v) is 10.8. The normalized spacial score (nSPS) is 10.4. The summed E-state index contributed by atoms with van der Waals surface area (Å²) in [5, 5.41) is 4.18. The Bertz CT molecular complexity index is 573. The van der Waals surface area contributed by atoms with Crippen LogP contribution < -0.4 is 4.74 Å². The van der Waals surface area contributed by atoms with E-state index >= 15 is 0 Å². The van der Waals surface area contributed by atoms with Crippen molar-refractivity contribution < 1.29 is 9.53 Å². The molecule has 2 aromatic rings. The number of aryl methyl sites for hydroxylation is 2. The number of aromatic nitrogens is 2. The number of nitrogens with zero attached hydrogens (tertiary/aromatic N) is 2. The molecule has 1 heterocycles. The molecule has 0 fully saturated rings. The van der Waals surface area contributed by atoms with Crippen LogP contribution >= 0.6 is 0 Å². The van der Waals surface area contributed by atoms with Gasteiger partial charge in [0.05, 0.1) is 17.9 Å². The molecule has 0 amide bonds. The molecule has 0 atom stereocenters. The molecule has 0 N–H and O–H groups in total. The molecule has 0 radical (unpaired) electrons. The summed E-state index contributed by atoms with van der Waals surface area (Å²) in [6, 6.07) is 7.22. The molecule has 1 aromatic carbocycles. The fourth-order valence-electron chi connectivity index (χ4n) is 1.87. The summed E-state index contributed by atoms with van der Waals surface area (Å²) >= 11 is 0. The van der Waals surface area contributed by atoms with Crippen LogP contribution in [0.4, 0.5) is 0 Å². The van der Waals surface area contributed by atoms with Crippen molar-refractivity contribution in [3.63, 3.8) is 0 Å². The van der Waals surface area contributed by atoms with Crippen LogP contribution in [-0.4, -0.2) is 22.2 Å². The summed E-state index contributed by atoms with van der Waals surface area (Å²) < 4.78 is 7.04. The van der Waals surface area contributed by atoms with Gasteiger partial charge in [0.2, 0.25) is 0 Å². The van der Waals surface area contributed by atoms with Crippen LogP contribution in [0.1, 0.15) is 28.5 Å². The number of ketones is 1. The van der Waals surface area contributed by atoms with Crippen LogP contribution in [0.25, 0.3) is 0 Å². The van der Waals surface area contributed by atoms with Gasteiger partial charge in [-0.25, -0.2) is 0 Å². The zero-order chi connectivity index (χ0) is 13.1. The second-order valence-electron chi connectivity index (χ2n) is 4.09. The molecule has 94 valence electrons. The second-order valence-corrected chi connectivity index (χ2v) is 4.09. The first-order chi connectivity index (χ1) is 8.61. The van der Waals surface area contributed by atoms with E-state index < -0.39 is 0 Å². The maximum atomic E-state index is 12.3. The maximum Gasteiger partial charge on any atom is 0.196 e. The first kappa shape index (κ1) is 12.4. The molecule has 0 unspecified atom stereocenters. The topological polar surface area (TPSA) is 44.1 Å². The molecular formula is C14H16N2O2. The third-order valence-electron chi connectivity index (χ3n) is 2.67. The van der Waals surface area contributed by atoms with E-state index in [4.69, 9.17) is 4.74 Å². The number of carbonyl (C=O) groups excluding carboxylic acids is 1. The van der Waals surface area contributed by atoms with Crippen LogP contribution in [0.15, 0.2) is 30.5 Å². The molecule has 0 aliphatic heterocycles. The zero-order valence-electron chi connectivity index (χ0n) is 10.8. The number of hydrogen-bond donors (Lipinski definition) is 0. The van der Waals surface area contributed by atoms with E-state index in [0.29, 0.717) is 23.5 Å². The number of carbonyl (C=O) groups is 1. The highest BCUT2D eigenvalue weighted by Crippen LogP contribution is 2.18. The molecule has 0 saturated carbocycles. The fourth-order valence-corrected chi connectivity index (χ4v) is 1.87. The summed E-state index contributed by atoms with van der Waals surface area (Å²) in [4.78, 5) is 12.3. The molecule has 0 aliphatic carbocycles. The minimum absolute atomic E-state index is 0.0258. The Morgan fingerprint density at radius 2 is 2.22 bits per heavy atom. The van der Waals surface area contributed by atoms with Gasteiger partial charge in [-0.2, -0.15) is 5.10 Å². The van der Waals surface area contributed by atoms with Crippen LogP contribution in [-0.2, 0) is 7.05 Å². The lowest BCUT2D eigenvalue weighted by atomic mass is 10.0. The molecule has 0 spiro atoms. The average Bonchev–Trinajstić information content (AvgIpc) is 2.68. The van der Waals surface area contributed by atoms with Gasteiger partial charge < -0.3 is 4.74 Å². The predicted molar refractivity (Wildman–Crippen MR) is 69.0 cm³/mol. The molecule has 0 saturated heterocycles. The van der Waals surface area contributed by atoms with Crippen LogP contribution in [0.3, 0.4) is 0 Å². The van der Waals surface area contributed by atoms with Gasteiger partial charge in [0, 0.05) is 18.8 Å². The van der Waals surface area contributed by atoms with Crippen molar-refractivity contribution in [1.82, 2.24) is 9.78 Å². The van der Waals surface area contributed by atoms with Crippen molar-refractivity contribution in [1.29, 1.82) is 0 Å². The fraction of sp³-hybridized carbons (Fsp3) is 0.286. The van der Waals surface area contributed by atoms with Gasteiger partial charge in [-0.3, -0.25) is 9.48 Å². The van der Waals surface area contributed by atoms with E-state index in [1.165, 1.54) is 0 Å². The quantitative estimate of drug-likeness (QED) is 0.775. The van der Waals surface area contributed by atoms with Gasteiger partial charge in [-0.05, 0) is 26.0 Å². The monoisotopic (exact) mass is 244 g/mol. The van der Waals surface area contributed by atoms with Crippen LogP contribution in [0.2, 0.25) is 0 Å². The first-order valence-corrected chi connectivity index (χ1v) is 5.89. The third kappa shape index (κ3) is 2.42. The lowest BCUT2D eigenvalue weighted by Crippen LogP contribution is -2.02. The van der Waals surface area contributed by atoms with E-state index in [1.807, 2.05) is 26.0 Å². The van der Waals surface area contributed by atoms with Crippen LogP contribution in [0, 0.1) is 6.92 Å². The minimum atomic E-state index is -0.0258. The molecule has 0 aliphatic rings. The Morgan fingerprint density at radius 1 is 1.44 bits per heavy atom. The summed E-state index contributed by atoms with van der Waals surface area (Å²) in [7, 11) is 1.81. The van der Waals surface area contributed by atoms with Crippen molar-refractivity contribution >= 4 is 5.78 Å². The highest BCUT2D eigenvalue weighted by Gasteiger charge is 2.15. The van der Waals surface area contributed by atoms with E-state index in [1.54, 1.807) is 30.1 Å². The van der Waals surface area contributed by atoms with Crippen molar-refractivity contribution in [2.75, 3.05) is 6.61 Å². The summed E-state index contributed by atoms with van der Waals surface area (Å²) in [6.45, 7) is 4.34. The maximum absolute atomic E-state index is 12.3. The average molecular weight is 244 g/mol. The van der Waals surface area contributed by atoms with Gasteiger partial charge in [0.25, 0.3) is 0 Å².